The second-order valence-electron chi connectivity index (χ2n) is 7.48. The van der Waals surface area contributed by atoms with Crippen molar-refractivity contribution < 1.29 is 23.7 Å². The lowest BCUT2D eigenvalue weighted by Gasteiger charge is -2.40. The van der Waals surface area contributed by atoms with E-state index in [4.69, 9.17) is 23.7 Å². The number of ether oxygens (including phenoxy) is 5. The van der Waals surface area contributed by atoms with Gasteiger partial charge in [-0.25, -0.2) is 0 Å². The molecule has 0 amide bonds. The molecule has 2 rings (SSSR count). The maximum Gasteiger partial charge on any atom is 0.0785 e. The quantitative estimate of drug-likeness (QED) is 0.550. The highest BCUT2D eigenvalue weighted by Gasteiger charge is 2.38. The van der Waals surface area contributed by atoms with Gasteiger partial charge >= 0.3 is 0 Å². The average molecular weight is 330 g/mol. The summed E-state index contributed by atoms with van der Waals surface area (Å²) in [7, 11) is 0. The first kappa shape index (κ1) is 19.1. The first-order valence-corrected chi connectivity index (χ1v) is 8.99. The van der Waals surface area contributed by atoms with Gasteiger partial charge in [-0.3, -0.25) is 0 Å². The highest BCUT2D eigenvalue weighted by Crippen LogP contribution is 2.32. The molecule has 2 unspecified atom stereocenters. The first-order chi connectivity index (χ1) is 11.0. The lowest BCUT2D eigenvalue weighted by atomic mass is 9.84. The molecule has 0 radical (unpaired) electrons. The van der Waals surface area contributed by atoms with E-state index in [9.17, 15) is 0 Å². The van der Waals surface area contributed by atoms with Crippen LogP contribution in [-0.4, -0.2) is 65.1 Å². The van der Waals surface area contributed by atoms with Crippen molar-refractivity contribution in [3.63, 3.8) is 0 Å². The molecule has 5 heteroatoms. The molecule has 5 nitrogen and oxygen atoms in total. The van der Waals surface area contributed by atoms with Crippen molar-refractivity contribution in [3.8, 4) is 0 Å². The van der Waals surface area contributed by atoms with Crippen LogP contribution < -0.4 is 0 Å². The molecule has 2 fully saturated rings. The summed E-state index contributed by atoms with van der Waals surface area (Å²) < 4.78 is 28.2. The van der Waals surface area contributed by atoms with Crippen molar-refractivity contribution in [2.24, 2.45) is 10.8 Å². The van der Waals surface area contributed by atoms with Crippen LogP contribution in [0, 0.1) is 10.8 Å². The zero-order valence-electron chi connectivity index (χ0n) is 15.3. The Morgan fingerprint density at radius 1 is 0.783 bits per heavy atom. The summed E-state index contributed by atoms with van der Waals surface area (Å²) in [6, 6.07) is 0. The molecule has 23 heavy (non-hydrogen) atoms. The molecular formula is C18H34O5. The molecule has 0 aliphatic carbocycles. The van der Waals surface area contributed by atoms with E-state index in [1.54, 1.807) is 0 Å². The Morgan fingerprint density at radius 3 is 1.43 bits per heavy atom. The van der Waals surface area contributed by atoms with Crippen LogP contribution in [0.4, 0.5) is 0 Å². The molecule has 136 valence electrons. The Labute approximate surface area is 140 Å². The molecule has 0 spiro atoms. The SMILES string of the molecule is CCC1(COCC(C)OC(C)COCC2(CC)COC2)COC1. The molecule has 0 N–H and O–H groups in total. The van der Waals surface area contributed by atoms with Crippen LogP contribution >= 0.6 is 0 Å². The minimum atomic E-state index is 0.0793. The van der Waals surface area contributed by atoms with Gasteiger partial charge in [0, 0.05) is 10.8 Å². The second kappa shape index (κ2) is 8.77. The van der Waals surface area contributed by atoms with E-state index >= 15 is 0 Å². The normalized spacial score (nSPS) is 24.5. The lowest BCUT2D eigenvalue weighted by molar-refractivity contribution is -0.168. The fraction of sp³-hybridized carbons (Fsp3) is 1.00. The largest absolute Gasteiger partial charge is 0.380 e. The smallest absolute Gasteiger partial charge is 0.0785 e. The Balaban J connectivity index is 1.53. The van der Waals surface area contributed by atoms with E-state index in [1.165, 1.54) is 0 Å². The van der Waals surface area contributed by atoms with E-state index in [2.05, 4.69) is 27.7 Å². The van der Waals surface area contributed by atoms with Gasteiger partial charge in [0.05, 0.1) is 65.1 Å². The predicted octanol–water partition coefficient (Wildman–Crippen LogP) is 2.67. The maximum absolute atomic E-state index is 5.94. The van der Waals surface area contributed by atoms with E-state index in [0.29, 0.717) is 13.2 Å². The molecule has 0 saturated carbocycles. The van der Waals surface area contributed by atoms with Gasteiger partial charge in [-0.2, -0.15) is 0 Å². The van der Waals surface area contributed by atoms with Crippen molar-refractivity contribution in [2.75, 3.05) is 52.9 Å². The highest BCUT2D eigenvalue weighted by molar-refractivity contribution is 4.84. The third kappa shape index (κ3) is 5.40. The monoisotopic (exact) mass is 330 g/mol. The molecular weight excluding hydrogens is 296 g/mol. The van der Waals surface area contributed by atoms with Gasteiger partial charge in [-0.05, 0) is 26.7 Å². The van der Waals surface area contributed by atoms with Gasteiger partial charge in [0.15, 0.2) is 0 Å². The van der Waals surface area contributed by atoms with Crippen LogP contribution in [0.1, 0.15) is 40.5 Å². The first-order valence-electron chi connectivity index (χ1n) is 8.99. The molecule has 2 aliphatic heterocycles. The van der Waals surface area contributed by atoms with Crippen LogP contribution in [-0.2, 0) is 23.7 Å². The van der Waals surface area contributed by atoms with Crippen LogP contribution in [0.15, 0.2) is 0 Å². The fourth-order valence-corrected chi connectivity index (χ4v) is 2.92. The third-order valence-electron chi connectivity index (χ3n) is 5.12. The molecule has 0 aromatic rings. The predicted molar refractivity (Wildman–Crippen MR) is 88.7 cm³/mol. The van der Waals surface area contributed by atoms with E-state index < -0.39 is 0 Å². The van der Waals surface area contributed by atoms with Crippen LogP contribution in [0.5, 0.6) is 0 Å². The zero-order chi connectivity index (χ0) is 16.8. The second-order valence-corrected chi connectivity index (χ2v) is 7.48. The average Bonchev–Trinajstić information content (AvgIpc) is 2.44. The molecule has 2 atom stereocenters. The summed E-state index contributed by atoms with van der Waals surface area (Å²) in [5.74, 6) is 0. The van der Waals surface area contributed by atoms with Crippen LogP contribution in [0.2, 0.25) is 0 Å². The molecule has 2 heterocycles. The molecule has 2 aliphatic rings. The van der Waals surface area contributed by atoms with Crippen molar-refractivity contribution in [2.45, 2.75) is 52.7 Å². The summed E-state index contributed by atoms with van der Waals surface area (Å²) in [4.78, 5) is 0. The summed E-state index contributed by atoms with van der Waals surface area (Å²) in [6.45, 7) is 14.6. The lowest BCUT2D eigenvalue weighted by Crippen LogP contribution is -2.46. The summed E-state index contributed by atoms with van der Waals surface area (Å²) in [5, 5.41) is 0. The van der Waals surface area contributed by atoms with Crippen molar-refractivity contribution in [3.05, 3.63) is 0 Å². The van der Waals surface area contributed by atoms with Gasteiger partial charge in [0.25, 0.3) is 0 Å². The number of hydrogen-bond donors (Lipinski definition) is 0. The standard InChI is InChI=1S/C18H34O5/c1-5-17(11-21-12-17)9-19-7-15(3)23-16(4)8-20-10-18(6-2)13-22-14-18/h15-16H,5-14H2,1-4H3. The van der Waals surface area contributed by atoms with E-state index in [0.717, 1.165) is 52.5 Å². The zero-order valence-corrected chi connectivity index (χ0v) is 15.3. The Kier molecular flexibility index (Phi) is 7.29. The highest BCUT2D eigenvalue weighted by atomic mass is 16.6. The number of hydrogen-bond acceptors (Lipinski definition) is 5. The molecule has 0 aromatic carbocycles. The van der Waals surface area contributed by atoms with Crippen LogP contribution in [0.25, 0.3) is 0 Å². The molecule has 2 saturated heterocycles. The van der Waals surface area contributed by atoms with Gasteiger partial charge in [0.2, 0.25) is 0 Å². The summed E-state index contributed by atoms with van der Waals surface area (Å²) in [6.07, 6.45) is 2.37. The Morgan fingerprint density at radius 2 is 1.17 bits per heavy atom. The molecule has 0 aromatic heterocycles. The third-order valence-corrected chi connectivity index (χ3v) is 5.12. The van der Waals surface area contributed by atoms with E-state index in [-0.39, 0.29) is 23.0 Å². The van der Waals surface area contributed by atoms with Gasteiger partial charge < -0.3 is 23.7 Å². The van der Waals surface area contributed by atoms with Gasteiger partial charge in [0.1, 0.15) is 0 Å². The summed E-state index contributed by atoms with van der Waals surface area (Å²) in [5.41, 5.74) is 0.488. The fourth-order valence-electron chi connectivity index (χ4n) is 2.92. The number of rotatable bonds is 12. The van der Waals surface area contributed by atoms with Crippen molar-refractivity contribution >= 4 is 0 Å². The minimum absolute atomic E-state index is 0.0793. The summed E-state index contributed by atoms with van der Waals surface area (Å²) >= 11 is 0. The minimum Gasteiger partial charge on any atom is -0.380 e. The van der Waals surface area contributed by atoms with Crippen LogP contribution in [0.3, 0.4) is 0 Å². The topological polar surface area (TPSA) is 46.2 Å². The molecule has 0 bridgehead atoms. The van der Waals surface area contributed by atoms with Gasteiger partial charge in [-0.15, -0.1) is 0 Å². The van der Waals surface area contributed by atoms with E-state index in [1.807, 2.05) is 0 Å². The Bertz CT molecular complexity index is 295. The van der Waals surface area contributed by atoms with Gasteiger partial charge in [-0.1, -0.05) is 13.8 Å². The Hall–Kier alpha value is -0.200. The maximum atomic E-state index is 5.94. The van der Waals surface area contributed by atoms with Crippen molar-refractivity contribution in [1.29, 1.82) is 0 Å². The van der Waals surface area contributed by atoms with Crippen molar-refractivity contribution in [1.82, 2.24) is 0 Å².